The van der Waals surface area contributed by atoms with Crippen LogP contribution in [0.25, 0.3) is 0 Å². The minimum atomic E-state index is -1.86. The molecule has 4 N–H and O–H groups in total. The van der Waals surface area contributed by atoms with Crippen molar-refractivity contribution >= 4 is 11.8 Å². The van der Waals surface area contributed by atoms with E-state index in [4.69, 9.17) is 9.47 Å². The third-order valence-corrected chi connectivity index (χ3v) is 10.1. The predicted octanol–water partition coefficient (Wildman–Crippen LogP) is 1.79. The molecule has 1 aromatic carbocycles. The summed E-state index contributed by atoms with van der Waals surface area (Å²) in [5, 5.41) is 46.4. The first-order chi connectivity index (χ1) is 16.7. The summed E-state index contributed by atoms with van der Waals surface area (Å²) in [5.41, 5.74) is -4.49. The largest absolute Gasteiger partial charge is 0.455 e. The van der Waals surface area contributed by atoms with Crippen LogP contribution in [0.5, 0.6) is 0 Å². The minimum absolute atomic E-state index is 0.159. The second-order valence-corrected chi connectivity index (χ2v) is 12.1. The number of ether oxygens (including phenoxy) is 2. The van der Waals surface area contributed by atoms with Gasteiger partial charge in [0, 0.05) is 29.6 Å². The molecule has 1 aliphatic heterocycles. The first-order valence-electron chi connectivity index (χ1n) is 12.6. The number of ketones is 1. The first kappa shape index (κ1) is 25.5. The molecular formula is C28H36O8. The third-order valence-electron chi connectivity index (χ3n) is 10.1. The number of fused-ring (bicyclic) bond motifs is 5. The summed E-state index contributed by atoms with van der Waals surface area (Å²) < 4.78 is 12.0. The molecule has 0 amide bonds. The average molecular weight is 501 g/mol. The molecule has 8 heteroatoms. The Balaban J connectivity index is 1.78. The fourth-order valence-corrected chi connectivity index (χ4v) is 7.67. The van der Waals surface area contributed by atoms with Crippen LogP contribution in [0, 0.1) is 22.2 Å². The summed E-state index contributed by atoms with van der Waals surface area (Å²) in [4.78, 5) is 27.6. The molecule has 1 aromatic rings. The highest BCUT2D eigenvalue weighted by Crippen LogP contribution is 2.65. The Morgan fingerprint density at radius 2 is 1.72 bits per heavy atom. The Bertz CT molecular complexity index is 1130. The summed E-state index contributed by atoms with van der Waals surface area (Å²) >= 11 is 0. The number of esters is 1. The molecule has 0 radical (unpaired) electrons. The minimum Gasteiger partial charge on any atom is -0.455 e. The highest BCUT2D eigenvalue weighted by molar-refractivity contribution is 5.93. The average Bonchev–Trinajstić information content (AvgIpc) is 2.83. The van der Waals surface area contributed by atoms with E-state index in [0.29, 0.717) is 5.57 Å². The van der Waals surface area contributed by atoms with Gasteiger partial charge < -0.3 is 29.9 Å². The molecule has 36 heavy (non-hydrogen) atoms. The van der Waals surface area contributed by atoms with Gasteiger partial charge in [0.25, 0.3) is 0 Å². The van der Waals surface area contributed by atoms with Gasteiger partial charge in [-0.15, -0.1) is 0 Å². The van der Waals surface area contributed by atoms with Gasteiger partial charge in [0.1, 0.15) is 17.8 Å². The number of aliphatic hydroxyl groups is 4. The van der Waals surface area contributed by atoms with Crippen molar-refractivity contribution in [3.05, 3.63) is 47.0 Å². The van der Waals surface area contributed by atoms with Crippen molar-refractivity contribution in [1.29, 1.82) is 0 Å². The van der Waals surface area contributed by atoms with Gasteiger partial charge in [-0.1, -0.05) is 39.0 Å². The number of benzene rings is 1. The zero-order chi connectivity index (χ0) is 26.4. The molecule has 196 valence electrons. The van der Waals surface area contributed by atoms with Crippen LogP contribution in [-0.4, -0.2) is 74.9 Å². The fourth-order valence-electron chi connectivity index (χ4n) is 7.67. The molecule has 1 unspecified atom stereocenters. The van der Waals surface area contributed by atoms with Crippen molar-refractivity contribution in [2.75, 3.05) is 6.61 Å². The topological polar surface area (TPSA) is 134 Å². The lowest BCUT2D eigenvalue weighted by Crippen LogP contribution is -2.77. The van der Waals surface area contributed by atoms with E-state index in [9.17, 15) is 30.0 Å². The van der Waals surface area contributed by atoms with Crippen LogP contribution in [-0.2, 0) is 14.3 Å². The van der Waals surface area contributed by atoms with E-state index in [1.54, 1.807) is 58.0 Å². The van der Waals surface area contributed by atoms with E-state index in [1.165, 1.54) is 0 Å². The van der Waals surface area contributed by atoms with Crippen LogP contribution in [0.3, 0.4) is 0 Å². The van der Waals surface area contributed by atoms with Crippen molar-refractivity contribution in [3.8, 4) is 0 Å². The van der Waals surface area contributed by atoms with E-state index in [1.807, 2.05) is 6.92 Å². The molecule has 5 rings (SSSR count). The van der Waals surface area contributed by atoms with E-state index < -0.39 is 70.0 Å². The SMILES string of the molecule is CC1=C2[C@@H](O)C(=O)[C@]3(C)[C@@H](O)CC4OC[C@@]4(C)[C@H]3[C@H](OC(=O)c3ccccc3)[C@](O)(C[C@@H]1O)C2(C)C. The number of rotatable bonds is 2. The Morgan fingerprint density at radius 3 is 2.31 bits per heavy atom. The lowest BCUT2D eigenvalue weighted by molar-refractivity contribution is -0.313. The Kier molecular flexibility index (Phi) is 5.64. The number of Topliss-reactive ketones (excluding diaryl/α,β-unsaturated/α-hetero) is 1. The smallest absolute Gasteiger partial charge is 0.338 e. The summed E-state index contributed by atoms with van der Waals surface area (Å²) in [6.07, 6.45) is -5.67. The monoisotopic (exact) mass is 500 g/mol. The Labute approximate surface area is 210 Å². The summed E-state index contributed by atoms with van der Waals surface area (Å²) in [5.74, 6) is -2.17. The van der Waals surface area contributed by atoms with Crippen molar-refractivity contribution < 1.29 is 39.5 Å². The normalized spacial score (nSPS) is 45.5. The zero-order valence-corrected chi connectivity index (χ0v) is 21.4. The van der Waals surface area contributed by atoms with Crippen LogP contribution in [0.4, 0.5) is 0 Å². The van der Waals surface area contributed by atoms with Gasteiger partial charge in [-0.2, -0.15) is 0 Å². The van der Waals surface area contributed by atoms with E-state index in [0.717, 1.165) is 0 Å². The second kappa shape index (κ2) is 7.95. The molecular weight excluding hydrogens is 464 g/mol. The number of aliphatic hydroxyl groups excluding tert-OH is 3. The maximum Gasteiger partial charge on any atom is 0.338 e. The van der Waals surface area contributed by atoms with Gasteiger partial charge in [0.15, 0.2) is 5.78 Å². The van der Waals surface area contributed by atoms with Gasteiger partial charge in [0.2, 0.25) is 0 Å². The van der Waals surface area contributed by atoms with Gasteiger partial charge >= 0.3 is 5.97 Å². The molecule has 2 saturated carbocycles. The molecule has 0 aromatic heterocycles. The summed E-state index contributed by atoms with van der Waals surface area (Å²) in [6, 6.07) is 8.38. The molecule has 1 saturated heterocycles. The van der Waals surface area contributed by atoms with Gasteiger partial charge in [-0.3, -0.25) is 4.79 Å². The fraction of sp³-hybridized carbons (Fsp3) is 0.643. The molecule has 9 atom stereocenters. The number of carbonyl (C=O) groups excluding carboxylic acids is 2. The first-order valence-corrected chi connectivity index (χ1v) is 12.6. The quantitative estimate of drug-likeness (QED) is 0.357. The molecule has 1 heterocycles. The van der Waals surface area contributed by atoms with E-state index in [2.05, 4.69) is 0 Å². The van der Waals surface area contributed by atoms with Crippen LogP contribution < -0.4 is 0 Å². The standard InChI is InChI=1S/C28H36O8/c1-14-16(29)12-28(34)23(36-24(33)15-9-7-6-8-10-15)21-26(4)13-35-18(26)11-17(30)27(21,5)22(32)20(31)19(14)25(28,2)3/h6-10,16-18,20-21,23,29-31,34H,11-13H2,1-5H3/t16-,17-,18?,20+,21+,23-,26+,27+,28+/m0/s1. The van der Waals surface area contributed by atoms with Crippen molar-refractivity contribution in [1.82, 2.24) is 0 Å². The summed E-state index contributed by atoms with van der Waals surface area (Å²) in [7, 11) is 0. The molecule has 0 spiro atoms. The highest BCUT2D eigenvalue weighted by atomic mass is 16.6. The lowest BCUT2D eigenvalue weighted by atomic mass is 9.42. The molecule has 3 fully saturated rings. The van der Waals surface area contributed by atoms with Crippen LogP contribution in [0.2, 0.25) is 0 Å². The van der Waals surface area contributed by atoms with Crippen LogP contribution >= 0.6 is 0 Å². The number of carbonyl (C=O) groups is 2. The Morgan fingerprint density at radius 1 is 1.08 bits per heavy atom. The number of hydrogen-bond donors (Lipinski definition) is 4. The predicted molar refractivity (Wildman–Crippen MR) is 129 cm³/mol. The van der Waals surface area contributed by atoms with E-state index >= 15 is 0 Å². The molecule has 3 aliphatic carbocycles. The number of hydrogen-bond acceptors (Lipinski definition) is 8. The zero-order valence-electron chi connectivity index (χ0n) is 21.4. The maximum absolute atomic E-state index is 14.1. The van der Waals surface area contributed by atoms with E-state index in [-0.39, 0.29) is 30.6 Å². The second-order valence-electron chi connectivity index (χ2n) is 12.1. The molecule has 4 aliphatic rings. The van der Waals surface area contributed by atoms with Crippen molar-refractivity contribution in [3.63, 3.8) is 0 Å². The van der Waals surface area contributed by atoms with Crippen LogP contribution in [0.1, 0.15) is 57.8 Å². The maximum atomic E-state index is 14.1. The molecule has 2 bridgehead atoms. The highest BCUT2D eigenvalue weighted by Gasteiger charge is 2.74. The lowest BCUT2D eigenvalue weighted by Gasteiger charge is -2.67. The van der Waals surface area contributed by atoms with Crippen LogP contribution in [0.15, 0.2) is 41.5 Å². The molecule has 8 nitrogen and oxygen atoms in total. The van der Waals surface area contributed by atoms with Crippen molar-refractivity contribution in [2.24, 2.45) is 22.2 Å². The Hall–Kier alpha value is -2.10. The third kappa shape index (κ3) is 3.05. The van der Waals surface area contributed by atoms with Gasteiger partial charge in [-0.05, 0) is 37.1 Å². The van der Waals surface area contributed by atoms with Gasteiger partial charge in [-0.25, -0.2) is 4.79 Å². The van der Waals surface area contributed by atoms with Crippen molar-refractivity contribution in [2.45, 2.75) is 83.6 Å². The van der Waals surface area contributed by atoms with Gasteiger partial charge in [0.05, 0.1) is 35.9 Å². The summed E-state index contributed by atoms with van der Waals surface area (Å²) in [6.45, 7) is 8.80.